The molecule has 2 aliphatic carbocycles. The lowest BCUT2D eigenvalue weighted by atomic mass is 9.88. The number of nitriles is 1. The molecule has 0 bridgehead atoms. The van der Waals surface area contributed by atoms with E-state index >= 15 is 0 Å². The molecule has 3 atom stereocenters. The van der Waals surface area contributed by atoms with E-state index in [-0.39, 0.29) is 5.54 Å². The second-order valence-electron chi connectivity index (χ2n) is 6.99. The van der Waals surface area contributed by atoms with Gasteiger partial charge in [0.15, 0.2) is 0 Å². The normalized spacial score (nSPS) is 29.6. The third kappa shape index (κ3) is 5.07. The first-order valence-electron chi connectivity index (χ1n) is 8.43. The van der Waals surface area contributed by atoms with E-state index in [9.17, 15) is 5.26 Å². The first kappa shape index (κ1) is 15.8. The fourth-order valence-corrected chi connectivity index (χ4v) is 3.18. The van der Waals surface area contributed by atoms with Gasteiger partial charge in [0.05, 0.1) is 12.2 Å². The Morgan fingerprint density at radius 1 is 1.20 bits per heavy atom. The van der Waals surface area contributed by atoms with E-state index in [1.165, 1.54) is 38.5 Å². The zero-order valence-electron chi connectivity index (χ0n) is 13.2. The van der Waals surface area contributed by atoms with Crippen LogP contribution < -0.4 is 5.32 Å². The van der Waals surface area contributed by atoms with Crippen molar-refractivity contribution in [2.75, 3.05) is 6.61 Å². The SMILES string of the molecule is CC1CCCCC1OCCCCC(C)(C#N)NC1CC1. The average molecular weight is 278 g/mol. The number of hydrogen-bond acceptors (Lipinski definition) is 3. The third-order valence-electron chi connectivity index (χ3n) is 4.78. The molecular weight excluding hydrogens is 248 g/mol. The fraction of sp³-hybridized carbons (Fsp3) is 0.941. The van der Waals surface area contributed by atoms with Crippen LogP contribution in [0, 0.1) is 17.2 Å². The lowest BCUT2D eigenvalue weighted by Crippen LogP contribution is -2.42. The Bertz CT molecular complexity index is 334. The van der Waals surface area contributed by atoms with Crippen LogP contribution in [0.5, 0.6) is 0 Å². The van der Waals surface area contributed by atoms with Gasteiger partial charge < -0.3 is 4.74 Å². The molecule has 0 aromatic heterocycles. The van der Waals surface area contributed by atoms with Crippen LogP contribution in [0.4, 0.5) is 0 Å². The van der Waals surface area contributed by atoms with Gasteiger partial charge in [0.2, 0.25) is 0 Å². The Kier molecular flexibility index (Phi) is 5.86. The lowest BCUT2D eigenvalue weighted by molar-refractivity contribution is -0.00682. The molecule has 0 aromatic carbocycles. The van der Waals surface area contributed by atoms with Gasteiger partial charge in [-0.3, -0.25) is 5.32 Å². The number of hydrogen-bond donors (Lipinski definition) is 1. The predicted molar refractivity (Wildman–Crippen MR) is 81.4 cm³/mol. The number of unbranched alkanes of at least 4 members (excludes halogenated alkanes) is 1. The Hall–Kier alpha value is -0.590. The van der Waals surface area contributed by atoms with E-state index in [1.807, 2.05) is 6.92 Å². The molecule has 0 aromatic rings. The molecule has 2 saturated carbocycles. The standard InChI is InChI=1S/C17H30N2O/c1-14-7-3-4-8-16(14)20-12-6-5-11-17(2,13-18)19-15-9-10-15/h14-16,19H,3-12H2,1-2H3. The van der Waals surface area contributed by atoms with E-state index < -0.39 is 0 Å². The van der Waals surface area contributed by atoms with E-state index in [1.54, 1.807) is 0 Å². The molecule has 20 heavy (non-hydrogen) atoms. The molecule has 0 aliphatic heterocycles. The van der Waals surface area contributed by atoms with Crippen LogP contribution in [-0.2, 0) is 4.74 Å². The van der Waals surface area contributed by atoms with Gasteiger partial charge in [-0.25, -0.2) is 0 Å². The molecule has 3 nitrogen and oxygen atoms in total. The van der Waals surface area contributed by atoms with Crippen LogP contribution in [0.25, 0.3) is 0 Å². The Morgan fingerprint density at radius 3 is 2.60 bits per heavy atom. The number of rotatable bonds is 8. The zero-order chi connectivity index (χ0) is 14.4. The van der Waals surface area contributed by atoms with Crippen LogP contribution in [0.1, 0.15) is 71.6 Å². The van der Waals surface area contributed by atoms with Gasteiger partial charge in [0.1, 0.15) is 5.54 Å². The first-order valence-corrected chi connectivity index (χ1v) is 8.43. The highest BCUT2D eigenvalue weighted by atomic mass is 16.5. The lowest BCUT2D eigenvalue weighted by Gasteiger charge is -2.29. The van der Waals surface area contributed by atoms with Crippen molar-refractivity contribution in [3.05, 3.63) is 0 Å². The Morgan fingerprint density at radius 2 is 1.95 bits per heavy atom. The maximum absolute atomic E-state index is 9.31. The summed E-state index contributed by atoms with van der Waals surface area (Å²) in [5.41, 5.74) is -0.334. The molecule has 0 amide bonds. The van der Waals surface area contributed by atoms with Crippen molar-refractivity contribution in [2.45, 2.75) is 89.3 Å². The van der Waals surface area contributed by atoms with Gasteiger partial charge in [-0.1, -0.05) is 19.8 Å². The first-order chi connectivity index (χ1) is 9.63. The molecular formula is C17H30N2O. The summed E-state index contributed by atoms with van der Waals surface area (Å²) in [4.78, 5) is 0. The molecule has 1 N–H and O–H groups in total. The summed E-state index contributed by atoms with van der Waals surface area (Å²) in [5.74, 6) is 0.727. The van der Waals surface area contributed by atoms with Gasteiger partial charge in [0, 0.05) is 12.6 Å². The Labute approximate surface area is 124 Å². The third-order valence-corrected chi connectivity index (χ3v) is 4.78. The zero-order valence-corrected chi connectivity index (χ0v) is 13.2. The Balaban J connectivity index is 1.57. The molecule has 3 heteroatoms. The number of ether oxygens (including phenoxy) is 1. The van der Waals surface area contributed by atoms with Crippen molar-refractivity contribution in [1.82, 2.24) is 5.32 Å². The predicted octanol–water partition coefficient (Wildman–Crippen LogP) is 3.79. The second kappa shape index (κ2) is 7.43. The minimum Gasteiger partial charge on any atom is -0.378 e. The minimum absolute atomic E-state index is 0.334. The van der Waals surface area contributed by atoms with E-state index in [0.29, 0.717) is 12.1 Å². The molecule has 0 radical (unpaired) electrons. The summed E-state index contributed by atoms with van der Waals surface area (Å²) in [6.07, 6.45) is 11.3. The van der Waals surface area contributed by atoms with Gasteiger partial charge in [-0.15, -0.1) is 0 Å². The molecule has 0 spiro atoms. The highest BCUT2D eigenvalue weighted by Crippen LogP contribution is 2.27. The van der Waals surface area contributed by atoms with Crippen LogP contribution >= 0.6 is 0 Å². The van der Waals surface area contributed by atoms with Gasteiger partial charge in [-0.05, 0) is 57.8 Å². The summed E-state index contributed by atoms with van der Waals surface area (Å²) >= 11 is 0. The summed E-state index contributed by atoms with van der Waals surface area (Å²) in [7, 11) is 0. The topological polar surface area (TPSA) is 45.0 Å². The van der Waals surface area contributed by atoms with E-state index in [2.05, 4.69) is 18.3 Å². The van der Waals surface area contributed by atoms with Crippen molar-refractivity contribution in [3.63, 3.8) is 0 Å². The van der Waals surface area contributed by atoms with E-state index in [0.717, 1.165) is 31.8 Å². The number of nitrogens with zero attached hydrogens (tertiary/aromatic N) is 1. The highest BCUT2D eigenvalue weighted by Gasteiger charge is 2.31. The quantitative estimate of drug-likeness (QED) is 0.687. The second-order valence-corrected chi connectivity index (χ2v) is 6.99. The summed E-state index contributed by atoms with van der Waals surface area (Å²) < 4.78 is 6.03. The smallest absolute Gasteiger partial charge is 0.104 e. The molecule has 114 valence electrons. The van der Waals surface area contributed by atoms with Crippen molar-refractivity contribution < 1.29 is 4.74 Å². The van der Waals surface area contributed by atoms with Crippen molar-refractivity contribution >= 4 is 0 Å². The number of nitrogens with one attached hydrogen (secondary N) is 1. The monoisotopic (exact) mass is 278 g/mol. The van der Waals surface area contributed by atoms with Gasteiger partial charge in [-0.2, -0.15) is 5.26 Å². The summed E-state index contributed by atoms with van der Waals surface area (Å²) in [6, 6.07) is 3.04. The molecule has 3 unspecified atom stereocenters. The minimum atomic E-state index is -0.334. The fourth-order valence-electron chi connectivity index (χ4n) is 3.18. The molecule has 2 rings (SSSR count). The van der Waals surface area contributed by atoms with Crippen molar-refractivity contribution in [3.8, 4) is 6.07 Å². The average Bonchev–Trinajstić information content (AvgIpc) is 3.24. The van der Waals surface area contributed by atoms with Gasteiger partial charge >= 0.3 is 0 Å². The molecule has 2 fully saturated rings. The van der Waals surface area contributed by atoms with Crippen molar-refractivity contribution in [2.24, 2.45) is 5.92 Å². The van der Waals surface area contributed by atoms with Gasteiger partial charge in [0.25, 0.3) is 0 Å². The van der Waals surface area contributed by atoms with Crippen molar-refractivity contribution in [1.29, 1.82) is 5.26 Å². The van der Waals surface area contributed by atoms with Crippen LogP contribution in [0.3, 0.4) is 0 Å². The highest BCUT2D eigenvalue weighted by molar-refractivity contribution is 5.06. The van der Waals surface area contributed by atoms with Crippen LogP contribution in [0.15, 0.2) is 0 Å². The summed E-state index contributed by atoms with van der Waals surface area (Å²) in [6.45, 7) is 5.21. The molecule has 2 aliphatic rings. The van der Waals surface area contributed by atoms with Crippen LogP contribution in [-0.4, -0.2) is 24.3 Å². The maximum Gasteiger partial charge on any atom is 0.104 e. The molecule has 0 saturated heterocycles. The molecule has 0 heterocycles. The van der Waals surface area contributed by atoms with Crippen LogP contribution in [0.2, 0.25) is 0 Å². The maximum atomic E-state index is 9.31. The largest absolute Gasteiger partial charge is 0.378 e. The summed E-state index contributed by atoms with van der Waals surface area (Å²) in [5, 5.41) is 12.8. The van der Waals surface area contributed by atoms with E-state index in [4.69, 9.17) is 4.74 Å².